The molecular formula is C23H19N3O4. The second-order valence-electron chi connectivity index (χ2n) is 7.20. The van der Waals surface area contributed by atoms with Crippen molar-refractivity contribution in [2.75, 3.05) is 7.11 Å². The third kappa shape index (κ3) is 2.95. The Labute approximate surface area is 173 Å². The molecule has 7 nitrogen and oxygen atoms in total. The number of hydrogen-bond acceptors (Lipinski definition) is 6. The summed E-state index contributed by atoms with van der Waals surface area (Å²) in [7, 11) is 1.63. The van der Waals surface area contributed by atoms with E-state index < -0.39 is 6.23 Å². The number of benzene rings is 3. The minimum absolute atomic E-state index is 0.0191. The minimum atomic E-state index is -0.686. The fourth-order valence-electron chi connectivity index (χ4n) is 4.08. The van der Waals surface area contributed by atoms with Crippen LogP contribution in [-0.4, -0.2) is 22.8 Å². The maximum Gasteiger partial charge on any atom is 0.278 e. The predicted molar refractivity (Wildman–Crippen MR) is 112 cm³/mol. The van der Waals surface area contributed by atoms with Crippen LogP contribution in [0.5, 0.6) is 11.5 Å². The Morgan fingerprint density at radius 1 is 1.07 bits per heavy atom. The SMILES string of the molecule is COc1cccc(C2=NN3[C@@H](c4ccccc4[N+](=O)[O-])Oc4ccccc4[C@@H]3C2)c1. The van der Waals surface area contributed by atoms with Gasteiger partial charge >= 0.3 is 0 Å². The van der Waals surface area contributed by atoms with Gasteiger partial charge in [-0.25, -0.2) is 5.01 Å². The summed E-state index contributed by atoms with van der Waals surface area (Å²) in [5.74, 6) is 1.48. The van der Waals surface area contributed by atoms with Crippen molar-refractivity contribution in [3.05, 3.63) is 99.6 Å². The molecule has 2 atom stereocenters. The number of ether oxygens (including phenoxy) is 2. The lowest BCUT2D eigenvalue weighted by molar-refractivity contribution is -0.386. The van der Waals surface area contributed by atoms with E-state index >= 15 is 0 Å². The van der Waals surface area contributed by atoms with Gasteiger partial charge < -0.3 is 9.47 Å². The lowest BCUT2D eigenvalue weighted by Gasteiger charge is -2.37. The zero-order valence-electron chi connectivity index (χ0n) is 16.3. The molecule has 0 saturated carbocycles. The average Bonchev–Trinajstić information content (AvgIpc) is 3.24. The molecule has 0 N–H and O–H groups in total. The molecule has 0 fully saturated rings. The third-order valence-electron chi connectivity index (χ3n) is 5.50. The monoisotopic (exact) mass is 401 g/mol. The van der Waals surface area contributed by atoms with E-state index in [2.05, 4.69) is 0 Å². The molecule has 0 bridgehead atoms. The van der Waals surface area contributed by atoms with Crippen LogP contribution in [0, 0.1) is 10.1 Å². The summed E-state index contributed by atoms with van der Waals surface area (Å²) in [6.45, 7) is 0. The van der Waals surface area contributed by atoms with Gasteiger partial charge in [0, 0.05) is 23.6 Å². The molecule has 0 radical (unpaired) electrons. The normalized spacial score (nSPS) is 19.4. The fraction of sp³-hybridized carbons (Fsp3) is 0.174. The Hall–Kier alpha value is -3.87. The Morgan fingerprint density at radius 3 is 2.63 bits per heavy atom. The van der Waals surface area contributed by atoms with Gasteiger partial charge in [-0.15, -0.1) is 0 Å². The summed E-state index contributed by atoms with van der Waals surface area (Å²) in [6, 6.07) is 22.2. The first-order chi connectivity index (χ1) is 14.7. The van der Waals surface area contributed by atoms with E-state index in [1.54, 1.807) is 25.3 Å². The van der Waals surface area contributed by atoms with Crippen LogP contribution >= 0.6 is 0 Å². The summed E-state index contributed by atoms with van der Waals surface area (Å²) in [6.07, 6.45) is -0.0142. The summed E-state index contributed by atoms with van der Waals surface area (Å²) in [4.78, 5) is 11.3. The second kappa shape index (κ2) is 7.18. The highest BCUT2D eigenvalue weighted by atomic mass is 16.6. The first kappa shape index (κ1) is 18.2. The first-order valence-electron chi connectivity index (χ1n) is 9.65. The second-order valence-corrected chi connectivity index (χ2v) is 7.20. The Bertz CT molecular complexity index is 1160. The minimum Gasteiger partial charge on any atom is -0.497 e. The van der Waals surface area contributed by atoms with Crippen LogP contribution in [0.25, 0.3) is 0 Å². The van der Waals surface area contributed by atoms with E-state index in [0.29, 0.717) is 12.0 Å². The zero-order valence-corrected chi connectivity index (χ0v) is 16.3. The van der Waals surface area contributed by atoms with Crippen molar-refractivity contribution in [2.45, 2.75) is 18.7 Å². The number of hydrazone groups is 1. The quantitative estimate of drug-likeness (QED) is 0.462. The molecule has 2 aliphatic rings. The summed E-state index contributed by atoms with van der Waals surface area (Å²) >= 11 is 0. The topological polar surface area (TPSA) is 77.2 Å². The van der Waals surface area contributed by atoms with Crippen LogP contribution in [0.4, 0.5) is 5.69 Å². The molecule has 0 aromatic heterocycles. The van der Waals surface area contributed by atoms with Gasteiger partial charge in [-0.3, -0.25) is 10.1 Å². The first-order valence-corrected chi connectivity index (χ1v) is 9.65. The molecule has 0 spiro atoms. The highest BCUT2D eigenvalue weighted by molar-refractivity contribution is 6.02. The molecule has 5 rings (SSSR count). The number of para-hydroxylation sites is 2. The number of methoxy groups -OCH3 is 1. The highest BCUT2D eigenvalue weighted by Crippen LogP contribution is 2.48. The van der Waals surface area contributed by atoms with Crippen LogP contribution in [-0.2, 0) is 0 Å². The van der Waals surface area contributed by atoms with Crippen molar-refractivity contribution in [2.24, 2.45) is 5.10 Å². The Kier molecular flexibility index (Phi) is 4.35. The average molecular weight is 401 g/mol. The van der Waals surface area contributed by atoms with Crippen LogP contribution < -0.4 is 9.47 Å². The van der Waals surface area contributed by atoms with Crippen LogP contribution in [0.15, 0.2) is 77.9 Å². The van der Waals surface area contributed by atoms with E-state index in [4.69, 9.17) is 14.6 Å². The number of nitro benzene ring substituents is 1. The van der Waals surface area contributed by atoms with Gasteiger partial charge in [0.2, 0.25) is 6.23 Å². The summed E-state index contributed by atoms with van der Waals surface area (Å²) < 4.78 is 11.6. The lowest BCUT2D eigenvalue weighted by atomic mass is 9.95. The van der Waals surface area contributed by atoms with Gasteiger partial charge in [0.1, 0.15) is 11.5 Å². The van der Waals surface area contributed by atoms with E-state index in [1.165, 1.54) is 6.07 Å². The maximum atomic E-state index is 11.6. The number of nitro groups is 1. The Morgan fingerprint density at radius 2 is 1.83 bits per heavy atom. The molecule has 0 aliphatic carbocycles. The molecule has 0 amide bonds. The van der Waals surface area contributed by atoms with Gasteiger partial charge in [0.15, 0.2) is 0 Å². The predicted octanol–water partition coefficient (Wildman–Crippen LogP) is 4.85. The highest BCUT2D eigenvalue weighted by Gasteiger charge is 2.42. The molecule has 0 unspecified atom stereocenters. The largest absolute Gasteiger partial charge is 0.497 e. The van der Waals surface area contributed by atoms with Crippen molar-refractivity contribution in [1.29, 1.82) is 0 Å². The molecule has 2 heterocycles. The van der Waals surface area contributed by atoms with E-state index in [-0.39, 0.29) is 16.7 Å². The zero-order chi connectivity index (χ0) is 20.7. The van der Waals surface area contributed by atoms with Crippen molar-refractivity contribution < 1.29 is 14.4 Å². The number of hydrogen-bond donors (Lipinski definition) is 0. The van der Waals surface area contributed by atoms with Gasteiger partial charge in [-0.05, 0) is 24.3 Å². The van der Waals surface area contributed by atoms with E-state index in [9.17, 15) is 10.1 Å². The van der Waals surface area contributed by atoms with Crippen molar-refractivity contribution in [1.82, 2.24) is 5.01 Å². The van der Waals surface area contributed by atoms with Crippen LogP contribution in [0.1, 0.15) is 35.4 Å². The van der Waals surface area contributed by atoms with E-state index in [0.717, 1.165) is 28.3 Å². The summed E-state index contributed by atoms with van der Waals surface area (Å²) in [5.41, 5.74) is 3.38. The third-order valence-corrected chi connectivity index (χ3v) is 5.50. The molecular weight excluding hydrogens is 382 g/mol. The van der Waals surface area contributed by atoms with Gasteiger partial charge in [-0.2, -0.15) is 5.10 Å². The van der Waals surface area contributed by atoms with Crippen molar-refractivity contribution in [3.8, 4) is 11.5 Å². The fourth-order valence-corrected chi connectivity index (χ4v) is 4.08. The molecule has 30 heavy (non-hydrogen) atoms. The smallest absolute Gasteiger partial charge is 0.278 e. The molecule has 0 saturated heterocycles. The molecule has 7 heteroatoms. The van der Waals surface area contributed by atoms with Crippen LogP contribution in [0.2, 0.25) is 0 Å². The molecule has 3 aromatic carbocycles. The molecule has 3 aromatic rings. The van der Waals surface area contributed by atoms with Gasteiger partial charge in [0.05, 0.1) is 29.4 Å². The number of nitrogens with zero attached hydrogens (tertiary/aromatic N) is 3. The molecule has 2 aliphatic heterocycles. The number of fused-ring (bicyclic) bond motifs is 3. The lowest BCUT2D eigenvalue weighted by Crippen LogP contribution is -2.34. The summed E-state index contributed by atoms with van der Waals surface area (Å²) in [5, 5.41) is 18.3. The van der Waals surface area contributed by atoms with E-state index in [1.807, 2.05) is 53.5 Å². The molecule has 150 valence electrons. The van der Waals surface area contributed by atoms with Crippen LogP contribution in [0.3, 0.4) is 0 Å². The van der Waals surface area contributed by atoms with Crippen molar-refractivity contribution in [3.63, 3.8) is 0 Å². The number of rotatable bonds is 4. The van der Waals surface area contributed by atoms with Crippen molar-refractivity contribution >= 4 is 11.4 Å². The van der Waals surface area contributed by atoms with Gasteiger partial charge in [-0.1, -0.05) is 42.5 Å². The van der Waals surface area contributed by atoms with Gasteiger partial charge in [0.25, 0.3) is 5.69 Å². The standard InChI is InChI=1S/C23H19N3O4/c1-29-16-8-6-7-15(13-16)19-14-21-17-9-3-5-12-22(17)30-23(25(21)24-19)18-10-2-4-11-20(18)26(27)28/h2-13,21,23H,14H2,1H3/t21-,23+/m0/s1. The maximum absolute atomic E-state index is 11.6. The Balaban J connectivity index is 1.62.